The minimum absolute atomic E-state index is 0.0507. The predicted octanol–water partition coefficient (Wildman–Crippen LogP) is 3.19. The monoisotopic (exact) mass is 349 g/mol. The van der Waals surface area contributed by atoms with E-state index in [4.69, 9.17) is 0 Å². The first-order valence-electron chi connectivity index (χ1n) is 7.56. The summed E-state index contributed by atoms with van der Waals surface area (Å²) in [6.07, 6.45) is 1.40. The van der Waals surface area contributed by atoms with E-state index in [1.165, 1.54) is 23.5 Å². The van der Waals surface area contributed by atoms with Gasteiger partial charge < -0.3 is 10.2 Å². The molecule has 0 atom stereocenters. The maximum absolute atomic E-state index is 14.1. The lowest BCUT2D eigenvalue weighted by molar-refractivity contribution is -0.385. The number of carbonyl (C=O) groups excluding carboxylic acids is 1. The van der Waals surface area contributed by atoms with E-state index < -0.39 is 10.7 Å². The largest absolute Gasteiger partial charge is 0.369 e. The van der Waals surface area contributed by atoms with Crippen molar-refractivity contribution < 1.29 is 14.1 Å². The minimum atomic E-state index is -0.612. The molecule has 0 radical (unpaired) electrons. The molecule has 126 valence electrons. The third-order valence-corrected chi connectivity index (χ3v) is 4.78. The summed E-state index contributed by atoms with van der Waals surface area (Å²) in [6, 6.07) is 5.52. The Morgan fingerprint density at radius 2 is 2.08 bits per heavy atom. The minimum Gasteiger partial charge on any atom is -0.369 e. The Kier molecular flexibility index (Phi) is 4.75. The van der Waals surface area contributed by atoms with Crippen molar-refractivity contribution in [2.75, 3.05) is 18.0 Å². The second kappa shape index (κ2) is 6.96. The van der Waals surface area contributed by atoms with E-state index in [-0.39, 0.29) is 17.6 Å². The normalized spacial score (nSPS) is 15.3. The fraction of sp³-hybridized carbons (Fsp3) is 0.312. The molecular formula is C16H16FN3O3S. The molecule has 1 aliphatic heterocycles. The van der Waals surface area contributed by atoms with Crippen LogP contribution in [0.25, 0.3) is 0 Å². The summed E-state index contributed by atoms with van der Waals surface area (Å²) in [6.45, 7) is 1.17. The zero-order valence-corrected chi connectivity index (χ0v) is 13.6. The number of halogens is 1. The highest BCUT2D eigenvalue weighted by Crippen LogP contribution is 2.26. The first-order valence-corrected chi connectivity index (χ1v) is 8.51. The van der Waals surface area contributed by atoms with Crippen LogP contribution in [0.4, 0.5) is 15.8 Å². The van der Waals surface area contributed by atoms with Crippen molar-refractivity contribution in [2.24, 2.45) is 0 Å². The second-order valence-corrected chi connectivity index (χ2v) is 6.42. The summed E-state index contributed by atoms with van der Waals surface area (Å²) < 4.78 is 14.1. The van der Waals surface area contributed by atoms with Crippen LogP contribution in [0.5, 0.6) is 0 Å². The van der Waals surface area contributed by atoms with Gasteiger partial charge >= 0.3 is 0 Å². The van der Waals surface area contributed by atoms with Gasteiger partial charge in [0.15, 0.2) is 5.82 Å². The summed E-state index contributed by atoms with van der Waals surface area (Å²) in [5, 5.41) is 17.3. The number of nitrogens with one attached hydrogen (secondary N) is 1. The summed E-state index contributed by atoms with van der Waals surface area (Å²) in [5.74, 6) is -0.679. The van der Waals surface area contributed by atoms with Gasteiger partial charge in [-0.05, 0) is 30.4 Å². The standard InChI is InChI=1S/C16H16FN3O3S/c17-14-9-13(20(22)23)1-2-15(14)19-6-3-12(4-7-19)18-16(21)11-5-8-24-10-11/h1-2,5,8-10,12H,3-4,6-7H2,(H,18,21). The molecule has 1 aliphatic rings. The topological polar surface area (TPSA) is 75.5 Å². The van der Waals surface area contributed by atoms with Crippen LogP contribution in [0.3, 0.4) is 0 Å². The zero-order chi connectivity index (χ0) is 17.1. The molecule has 1 aromatic carbocycles. The van der Waals surface area contributed by atoms with E-state index in [9.17, 15) is 19.3 Å². The van der Waals surface area contributed by atoms with Crippen molar-refractivity contribution in [1.82, 2.24) is 5.32 Å². The number of carbonyl (C=O) groups is 1. The summed E-state index contributed by atoms with van der Waals surface area (Å²) >= 11 is 1.47. The lowest BCUT2D eigenvalue weighted by atomic mass is 10.0. The molecule has 6 nitrogen and oxygen atoms in total. The summed E-state index contributed by atoms with van der Waals surface area (Å²) in [7, 11) is 0. The fourth-order valence-corrected chi connectivity index (χ4v) is 3.43. The van der Waals surface area contributed by atoms with E-state index in [0.29, 0.717) is 37.2 Å². The molecule has 1 saturated heterocycles. The van der Waals surface area contributed by atoms with Crippen molar-refractivity contribution >= 4 is 28.6 Å². The molecule has 0 unspecified atom stereocenters. The number of anilines is 1. The highest BCUT2D eigenvalue weighted by molar-refractivity contribution is 7.08. The van der Waals surface area contributed by atoms with Crippen molar-refractivity contribution in [3.8, 4) is 0 Å². The van der Waals surface area contributed by atoms with Crippen molar-refractivity contribution in [3.63, 3.8) is 0 Å². The quantitative estimate of drug-likeness (QED) is 0.679. The number of amides is 1. The zero-order valence-electron chi connectivity index (χ0n) is 12.8. The number of nitro groups is 1. The smallest absolute Gasteiger partial charge is 0.272 e. The molecule has 1 N–H and O–H groups in total. The maximum Gasteiger partial charge on any atom is 0.272 e. The number of thiophene rings is 1. The molecule has 1 aromatic heterocycles. The summed E-state index contributed by atoms with van der Waals surface area (Å²) in [4.78, 5) is 24.0. The van der Waals surface area contributed by atoms with Gasteiger partial charge in [-0.15, -0.1) is 0 Å². The molecular weight excluding hydrogens is 333 g/mol. The molecule has 8 heteroatoms. The molecule has 0 saturated carbocycles. The lowest BCUT2D eigenvalue weighted by Crippen LogP contribution is -2.44. The third kappa shape index (κ3) is 3.53. The number of benzene rings is 1. The van der Waals surface area contributed by atoms with Gasteiger partial charge in [0.05, 0.1) is 16.7 Å². The molecule has 1 fully saturated rings. The second-order valence-electron chi connectivity index (χ2n) is 5.64. The molecule has 1 amide bonds. The van der Waals surface area contributed by atoms with Crippen LogP contribution >= 0.6 is 11.3 Å². The highest BCUT2D eigenvalue weighted by atomic mass is 32.1. The Bertz CT molecular complexity index is 743. The number of non-ortho nitro benzene ring substituents is 1. The molecule has 2 heterocycles. The van der Waals surface area contributed by atoms with E-state index in [1.807, 2.05) is 10.3 Å². The molecule has 24 heavy (non-hydrogen) atoms. The lowest BCUT2D eigenvalue weighted by Gasteiger charge is -2.34. The first-order chi connectivity index (χ1) is 11.5. The molecule has 0 aliphatic carbocycles. The SMILES string of the molecule is O=C(NC1CCN(c2ccc([N+](=O)[O-])cc2F)CC1)c1ccsc1. The molecule has 3 rings (SSSR count). The number of hydrogen-bond acceptors (Lipinski definition) is 5. The molecule has 0 bridgehead atoms. The Hall–Kier alpha value is -2.48. The third-order valence-electron chi connectivity index (χ3n) is 4.10. The van der Waals surface area contributed by atoms with Gasteiger partial charge in [-0.2, -0.15) is 11.3 Å². The van der Waals surface area contributed by atoms with Crippen molar-refractivity contribution in [3.05, 3.63) is 56.5 Å². The number of rotatable bonds is 4. The first kappa shape index (κ1) is 16.4. The fourth-order valence-electron chi connectivity index (χ4n) is 2.79. The van der Waals surface area contributed by atoms with Gasteiger partial charge in [0.2, 0.25) is 0 Å². The van der Waals surface area contributed by atoms with E-state index in [0.717, 1.165) is 6.07 Å². The van der Waals surface area contributed by atoms with E-state index >= 15 is 0 Å². The van der Waals surface area contributed by atoms with Crippen molar-refractivity contribution in [2.45, 2.75) is 18.9 Å². The predicted molar refractivity (Wildman–Crippen MR) is 90.1 cm³/mol. The van der Waals surface area contributed by atoms with Gasteiger partial charge in [0, 0.05) is 36.1 Å². The van der Waals surface area contributed by atoms with Crippen LogP contribution in [-0.4, -0.2) is 30.0 Å². The van der Waals surface area contributed by atoms with E-state index in [1.54, 1.807) is 11.4 Å². The van der Waals surface area contributed by atoms with E-state index in [2.05, 4.69) is 5.32 Å². The Morgan fingerprint density at radius 1 is 1.33 bits per heavy atom. The molecule has 0 spiro atoms. The number of hydrogen-bond donors (Lipinski definition) is 1. The highest BCUT2D eigenvalue weighted by Gasteiger charge is 2.24. The van der Waals surface area contributed by atoms with Crippen LogP contribution in [0.2, 0.25) is 0 Å². The average molecular weight is 349 g/mol. The van der Waals surface area contributed by atoms with Gasteiger partial charge in [-0.3, -0.25) is 14.9 Å². The Labute approximate surface area is 142 Å². The Balaban J connectivity index is 1.59. The van der Waals surface area contributed by atoms with Gasteiger partial charge in [0.25, 0.3) is 11.6 Å². The van der Waals surface area contributed by atoms with Crippen LogP contribution in [0, 0.1) is 15.9 Å². The molecule has 2 aromatic rings. The Morgan fingerprint density at radius 3 is 2.67 bits per heavy atom. The number of piperidine rings is 1. The van der Waals surface area contributed by atoms with Crippen molar-refractivity contribution in [1.29, 1.82) is 0 Å². The average Bonchev–Trinajstić information content (AvgIpc) is 3.10. The van der Waals surface area contributed by atoms with Gasteiger partial charge in [0.1, 0.15) is 0 Å². The van der Waals surface area contributed by atoms with Gasteiger partial charge in [-0.25, -0.2) is 4.39 Å². The van der Waals surface area contributed by atoms with Crippen LogP contribution in [-0.2, 0) is 0 Å². The number of nitro benzene ring substituents is 1. The van der Waals surface area contributed by atoms with Gasteiger partial charge in [-0.1, -0.05) is 0 Å². The maximum atomic E-state index is 14.1. The summed E-state index contributed by atoms with van der Waals surface area (Å²) in [5.41, 5.74) is 0.765. The van der Waals surface area contributed by atoms with Crippen LogP contribution < -0.4 is 10.2 Å². The van der Waals surface area contributed by atoms with Crippen LogP contribution in [0.1, 0.15) is 23.2 Å². The number of nitrogens with zero attached hydrogens (tertiary/aromatic N) is 2. The van der Waals surface area contributed by atoms with Crippen LogP contribution in [0.15, 0.2) is 35.0 Å².